The number of likely N-dealkylation sites (N-methyl/N-ethyl adjacent to an activating group) is 1. The fourth-order valence-electron chi connectivity index (χ4n) is 1.86. The van der Waals surface area contributed by atoms with Crippen molar-refractivity contribution in [1.82, 2.24) is 15.1 Å². The second kappa shape index (κ2) is 3.96. The molecule has 1 amide bonds. The molecule has 0 saturated carbocycles. The Bertz CT molecular complexity index is 419. The number of halogens is 1. The molecule has 0 atom stereocenters. The van der Waals surface area contributed by atoms with Crippen molar-refractivity contribution in [2.75, 3.05) is 25.0 Å². The third-order valence-corrected chi connectivity index (χ3v) is 4.20. The molecule has 88 valence electrons. The molecule has 0 radical (unpaired) electrons. The van der Waals surface area contributed by atoms with Crippen LogP contribution >= 0.6 is 27.3 Å². The number of rotatable bonds is 1. The Morgan fingerprint density at radius 3 is 2.62 bits per heavy atom. The fraction of sp³-hybridized carbons (Fsp3) is 0.667. The van der Waals surface area contributed by atoms with Crippen molar-refractivity contribution in [3.63, 3.8) is 0 Å². The average molecular weight is 305 g/mol. The van der Waals surface area contributed by atoms with Crippen LogP contribution in [0.25, 0.3) is 0 Å². The Kier molecular flexibility index (Phi) is 2.91. The number of hydrogen-bond acceptors (Lipinski definition) is 5. The molecular weight excluding hydrogens is 292 g/mol. The van der Waals surface area contributed by atoms with Gasteiger partial charge in [-0.05, 0) is 29.8 Å². The molecule has 16 heavy (non-hydrogen) atoms. The molecule has 1 fully saturated rings. The molecule has 2 heterocycles. The number of amides is 1. The van der Waals surface area contributed by atoms with Crippen LogP contribution in [0.2, 0.25) is 0 Å². The first-order valence-electron chi connectivity index (χ1n) is 4.95. The van der Waals surface area contributed by atoms with Crippen LogP contribution in [0.5, 0.6) is 0 Å². The number of aromatic nitrogens is 2. The highest BCUT2D eigenvalue weighted by Crippen LogP contribution is 2.32. The van der Waals surface area contributed by atoms with E-state index in [-0.39, 0.29) is 5.91 Å². The maximum absolute atomic E-state index is 12.1. The molecule has 0 aliphatic carbocycles. The minimum atomic E-state index is -0.550. The minimum absolute atomic E-state index is 0.116. The summed E-state index contributed by atoms with van der Waals surface area (Å²) in [6.07, 6.45) is 0. The smallest absolute Gasteiger partial charge is 0.247 e. The van der Waals surface area contributed by atoms with E-state index in [2.05, 4.69) is 26.1 Å². The van der Waals surface area contributed by atoms with Gasteiger partial charge in [-0.25, -0.2) is 0 Å². The first-order chi connectivity index (χ1) is 7.43. The number of nitrogens with zero attached hydrogens (tertiary/aromatic N) is 4. The number of anilines is 1. The Balaban J connectivity index is 2.32. The summed E-state index contributed by atoms with van der Waals surface area (Å²) in [6, 6.07) is 0. The number of hydrogen-bond donors (Lipinski definition) is 0. The van der Waals surface area contributed by atoms with Crippen molar-refractivity contribution in [3.05, 3.63) is 3.92 Å². The normalized spacial score (nSPS) is 20.4. The van der Waals surface area contributed by atoms with Crippen LogP contribution in [0.15, 0.2) is 3.92 Å². The van der Waals surface area contributed by atoms with Crippen LogP contribution in [-0.4, -0.2) is 46.7 Å². The van der Waals surface area contributed by atoms with Gasteiger partial charge in [0, 0.05) is 20.1 Å². The van der Waals surface area contributed by atoms with Gasteiger partial charge in [0.05, 0.1) is 0 Å². The molecule has 7 heteroatoms. The molecule has 0 bridgehead atoms. The van der Waals surface area contributed by atoms with E-state index in [1.807, 2.05) is 25.8 Å². The topological polar surface area (TPSA) is 49.3 Å². The van der Waals surface area contributed by atoms with E-state index < -0.39 is 5.54 Å². The monoisotopic (exact) mass is 304 g/mol. The predicted molar refractivity (Wildman–Crippen MR) is 66.7 cm³/mol. The lowest BCUT2D eigenvalue weighted by molar-refractivity contribution is -0.136. The van der Waals surface area contributed by atoms with Crippen molar-refractivity contribution in [3.8, 4) is 0 Å². The van der Waals surface area contributed by atoms with E-state index in [4.69, 9.17) is 0 Å². The zero-order chi connectivity index (χ0) is 11.9. The molecule has 1 saturated heterocycles. The summed E-state index contributed by atoms with van der Waals surface area (Å²) in [7, 11) is 1.83. The molecular formula is C9H13BrN4OS. The Morgan fingerprint density at radius 1 is 1.38 bits per heavy atom. The molecule has 0 unspecified atom stereocenters. The van der Waals surface area contributed by atoms with E-state index in [1.54, 1.807) is 4.90 Å². The maximum atomic E-state index is 12.1. The van der Waals surface area contributed by atoms with Gasteiger partial charge in [-0.1, -0.05) is 11.3 Å². The summed E-state index contributed by atoms with van der Waals surface area (Å²) < 4.78 is 0.740. The largest absolute Gasteiger partial charge is 0.342 e. The standard InChI is InChI=1S/C9H13BrN4OS/c1-9(2)6(15)13(3)4-5-14(9)8-12-11-7(10)16-8/h4-5H2,1-3H3. The van der Waals surface area contributed by atoms with Crippen LogP contribution < -0.4 is 4.90 Å². The lowest BCUT2D eigenvalue weighted by Crippen LogP contribution is -2.62. The Labute approximate surface area is 107 Å². The lowest BCUT2D eigenvalue weighted by atomic mass is 9.99. The van der Waals surface area contributed by atoms with Crippen molar-refractivity contribution >= 4 is 38.3 Å². The van der Waals surface area contributed by atoms with Crippen molar-refractivity contribution in [2.24, 2.45) is 0 Å². The molecule has 0 spiro atoms. The molecule has 0 aromatic carbocycles. The molecule has 1 aliphatic heterocycles. The molecule has 1 aromatic rings. The zero-order valence-corrected chi connectivity index (χ0v) is 11.8. The van der Waals surface area contributed by atoms with Crippen LogP contribution in [0.1, 0.15) is 13.8 Å². The highest BCUT2D eigenvalue weighted by atomic mass is 79.9. The van der Waals surface area contributed by atoms with Gasteiger partial charge < -0.3 is 9.80 Å². The summed E-state index contributed by atoms with van der Waals surface area (Å²) in [6.45, 7) is 5.34. The Hall–Kier alpha value is -0.690. The molecule has 5 nitrogen and oxygen atoms in total. The van der Waals surface area contributed by atoms with Gasteiger partial charge in [0.25, 0.3) is 0 Å². The lowest BCUT2D eigenvalue weighted by Gasteiger charge is -2.44. The Morgan fingerprint density at radius 2 is 2.06 bits per heavy atom. The minimum Gasteiger partial charge on any atom is -0.342 e. The number of carbonyl (C=O) groups is 1. The zero-order valence-electron chi connectivity index (χ0n) is 9.40. The SMILES string of the molecule is CN1CCN(c2nnc(Br)s2)C(C)(C)C1=O. The number of carbonyl (C=O) groups excluding carboxylic acids is 1. The van der Waals surface area contributed by atoms with E-state index in [9.17, 15) is 4.79 Å². The van der Waals surface area contributed by atoms with Gasteiger partial charge in [0.15, 0.2) is 3.92 Å². The fourth-order valence-corrected chi connectivity index (χ4v) is 3.11. The highest BCUT2D eigenvalue weighted by Gasteiger charge is 2.41. The molecule has 1 aliphatic rings. The molecule has 1 aromatic heterocycles. The van der Waals surface area contributed by atoms with Gasteiger partial charge in [-0.2, -0.15) is 0 Å². The van der Waals surface area contributed by atoms with Crippen molar-refractivity contribution in [1.29, 1.82) is 0 Å². The predicted octanol–water partition coefficient (Wildman–Crippen LogP) is 1.36. The third-order valence-electron chi connectivity index (χ3n) is 2.82. The first kappa shape index (κ1) is 11.8. The molecule has 2 rings (SSSR count). The summed E-state index contributed by atoms with van der Waals surface area (Å²) in [4.78, 5) is 15.8. The van der Waals surface area contributed by atoms with Crippen molar-refractivity contribution < 1.29 is 4.79 Å². The van der Waals surface area contributed by atoms with Gasteiger partial charge in [0.2, 0.25) is 11.0 Å². The third kappa shape index (κ3) is 1.82. The van der Waals surface area contributed by atoms with Crippen LogP contribution in [0, 0.1) is 0 Å². The van der Waals surface area contributed by atoms with Gasteiger partial charge >= 0.3 is 0 Å². The number of piperazine rings is 1. The quantitative estimate of drug-likeness (QED) is 0.786. The van der Waals surface area contributed by atoms with E-state index in [0.717, 1.165) is 22.1 Å². The summed E-state index contributed by atoms with van der Waals surface area (Å²) in [5, 5.41) is 8.78. The van der Waals surface area contributed by atoms with Crippen LogP contribution in [-0.2, 0) is 4.79 Å². The van der Waals surface area contributed by atoms with Gasteiger partial charge in [0.1, 0.15) is 5.54 Å². The highest BCUT2D eigenvalue weighted by molar-refractivity contribution is 9.11. The summed E-state index contributed by atoms with van der Waals surface area (Å²) in [5.41, 5.74) is -0.550. The van der Waals surface area contributed by atoms with E-state index in [0.29, 0.717) is 0 Å². The van der Waals surface area contributed by atoms with E-state index >= 15 is 0 Å². The second-order valence-corrected chi connectivity index (χ2v) is 6.51. The van der Waals surface area contributed by atoms with Gasteiger partial charge in [-0.3, -0.25) is 4.79 Å². The van der Waals surface area contributed by atoms with Gasteiger partial charge in [-0.15, -0.1) is 10.2 Å². The second-order valence-electron chi connectivity index (χ2n) is 4.27. The average Bonchev–Trinajstić information content (AvgIpc) is 2.61. The maximum Gasteiger partial charge on any atom is 0.247 e. The summed E-state index contributed by atoms with van der Waals surface area (Å²) >= 11 is 4.74. The van der Waals surface area contributed by atoms with Crippen LogP contribution in [0.4, 0.5) is 5.13 Å². The van der Waals surface area contributed by atoms with Crippen LogP contribution in [0.3, 0.4) is 0 Å². The van der Waals surface area contributed by atoms with E-state index in [1.165, 1.54) is 11.3 Å². The molecule has 0 N–H and O–H groups in total. The van der Waals surface area contributed by atoms with Crippen molar-refractivity contribution in [2.45, 2.75) is 19.4 Å². The first-order valence-corrected chi connectivity index (χ1v) is 6.56. The summed E-state index contributed by atoms with van der Waals surface area (Å²) in [5.74, 6) is 0.116.